The van der Waals surface area contributed by atoms with E-state index in [1.807, 2.05) is 6.92 Å². The number of nitro groups is 1. The number of nitrogens with one attached hydrogen (secondary N) is 2. The molecular formula is C14H15N3O3. The van der Waals surface area contributed by atoms with Gasteiger partial charge in [0.25, 0.3) is 11.6 Å². The molecule has 0 fully saturated rings. The highest BCUT2D eigenvalue weighted by atomic mass is 16.6. The lowest BCUT2D eigenvalue weighted by molar-refractivity contribution is -0.384. The van der Waals surface area contributed by atoms with Gasteiger partial charge in [-0.1, -0.05) is 19.1 Å². The zero-order valence-electron chi connectivity index (χ0n) is 11.1. The summed E-state index contributed by atoms with van der Waals surface area (Å²) in [7, 11) is 0. The first-order valence-electron chi connectivity index (χ1n) is 6.34. The van der Waals surface area contributed by atoms with Gasteiger partial charge in [-0.2, -0.15) is 0 Å². The monoisotopic (exact) mass is 273 g/mol. The van der Waals surface area contributed by atoms with Crippen LogP contribution in [-0.4, -0.2) is 22.4 Å². The van der Waals surface area contributed by atoms with Crippen LogP contribution in [0.25, 0.3) is 11.3 Å². The Morgan fingerprint density at radius 1 is 1.30 bits per heavy atom. The van der Waals surface area contributed by atoms with E-state index >= 15 is 0 Å². The number of benzene rings is 1. The number of H-pyrrole nitrogens is 1. The topological polar surface area (TPSA) is 88.0 Å². The molecule has 2 aromatic rings. The predicted molar refractivity (Wildman–Crippen MR) is 75.5 cm³/mol. The van der Waals surface area contributed by atoms with Crippen molar-refractivity contribution in [3.8, 4) is 11.3 Å². The van der Waals surface area contributed by atoms with E-state index in [9.17, 15) is 14.9 Å². The fourth-order valence-corrected chi connectivity index (χ4v) is 1.88. The van der Waals surface area contributed by atoms with Crippen molar-refractivity contribution in [3.63, 3.8) is 0 Å². The lowest BCUT2D eigenvalue weighted by Crippen LogP contribution is -2.24. The van der Waals surface area contributed by atoms with Crippen molar-refractivity contribution < 1.29 is 9.72 Å². The number of hydrogen-bond acceptors (Lipinski definition) is 3. The molecule has 6 nitrogen and oxygen atoms in total. The molecule has 0 atom stereocenters. The van der Waals surface area contributed by atoms with Gasteiger partial charge in [0.1, 0.15) is 5.69 Å². The molecule has 6 heteroatoms. The van der Waals surface area contributed by atoms with Crippen LogP contribution in [0.3, 0.4) is 0 Å². The number of hydrogen-bond donors (Lipinski definition) is 2. The fraction of sp³-hybridized carbons (Fsp3) is 0.214. The Balaban J connectivity index is 2.29. The maximum Gasteiger partial charge on any atom is 0.278 e. The predicted octanol–water partition coefficient (Wildman–Crippen LogP) is 2.73. The zero-order chi connectivity index (χ0) is 14.5. The smallest absolute Gasteiger partial charge is 0.278 e. The van der Waals surface area contributed by atoms with Crippen molar-refractivity contribution in [3.05, 3.63) is 52.2 Å². The third kappa shape index (κ3) is 2.85. The molecule has 0 radical (unpaired) electrons. The van der Waals surface area contributed by atoms with Crippen molar-refractivity contribution >= 4 is 11.6 Å². The van der Waals surface area contributed by atoms with Crippen molar-refractivity contribution in [1.82, 2.24) is 10.3 Å². The molecule has 0 saturated carbocycles. The molecule has 0 bridgehead atoms. The van der Waals surface area contributed by atoms with E-state index in [1.165, 1.54) is 6.07 Å². The molecule has 1 aromatic heterocycles. The standard InChI is InChI=1S/C14H15N3O3/c1-2-9-15-14(18)12-8-7-11(16-12)10-5-3-4-6-13(10)17(19)20/h3-8,16H,2,9H2,1H3,(H,15,18). The normalized spacial score (nSPS) is 10.2. The van der Waals surface area contributed by atoms with Crippen LogP contribution >= 0.6 is 0 Å². The second kappa shape index (κ2) is 6.01. The van der Waals surface area contributed by atoms with Crippen molar-refractivity contribution in [1.29, 1.82) is 0 Å². The highest BCUT2D eigenvalue weighted by molar-refractivity contribution is 5.93. The van der Waals surface area contributed by atoms with E-state index in [1.54, 1.807) is 30.3 Å². The van der Waals surface area contributed by atoms with Crippen LogP contribution in [-0.2, 0) is 0 Å². The fourth-order valence-electron chi connectivity index (χ4n) is 1.88. The summed E-state index contributed by atoms with van der Waals surface area (Å²) in [6.45, 7) is 2.56. The molecule has 1 heterocycles. The van der Waals surface area contributed by atoms with Gasteiger partial charge in [0.05, 0.1) is 16.2 Å². The summed E-state index contributed by atoms with van der Waals surface area (Å²) in [5.41, 5.74) is 1.42. The molecule has 0 aliphatic carbocycles. The van der Waals surface area contributed by atoms with E-state index < -0.39 is 4.92 Å². The lowest BCUT2D eigenvalue weighted by atomic mass is 10.1. The van der Waals surface area contributed by atoms with Crippen LogP contribution in [0.2, 0.25) is 0 Å². The Bertz CT molecular complexity index is 634. The highest BCUT2D eigenvalue weighted by Crippen LogP contribution is 2.28. The summed E-state index contributed by atoms with van der Waals surface area (Å²) < 4.78 is 0. The van der Waals surface area contributed by atoms with Crippen molar-refractivity contribution in [2.45, 2.75) is 13.3 Å². The Labute approximate surface area is 116 Å². The zero-order valence-corrected chi connectivity index (χ0v) is 11.1. The molecule has 104 valence electrons. The number of nitro benzene ring substituents is 1. The first-order valence-corrected chi connectivity index (χ1v) is 6.34. The van der Waals surface area contributed by atoms with Gasteiger partial charge in [-0.3, -0.25) is 14.9 Å². The third-order valence-corrected chi connectivity index (χ3v) is 2.86. The minimum Gasteiger partial charge on any atom is -0.351 e. The summed E-state index contributed by atoms with van der Waals surface area (Å²) in [5, 5.41) is 13.7. The van der Waals surface area contributed by atoms with Crippen molar-refractivity contribution in [2.75, 3.05) is 6.54 Å². The van der Waals surface area contributed by atoms with E-state index in [-0.39, 0.29) is 11.6 Å². The van der Waals surface area contributed by atoms with E-state index in [2.05, 4.69) is 10.3 Å². The Kier molecular flexibility index (Phi) is 4.14. The largest absolute Gasteiger partial charge is 0.351 e. The van der Waals surface area contributed by atoms with Gasteiger partial charge in [0, 0.05) is 12.6 Å². The van der Waals surface area contributed by atoms with E-state index in [0.717, 1.165) is 6.42 Å². The minimum atomic E-state index is -0.437. The summed E-state index contributed by atoms with van der Waals surface area (Å²) in [6, 6.07) is 9.71. The molecule has 1 aromatic carbocycles. The van der Waals surface area contributed by atoms with Crippen LogP contribution < -0.4 is 5.32 Å². The molecule has 1 amide bonds. The lowest BCUT2D eigenvalue weighted by Gasteiger charge is -2.02. The number of para-hydroxylation sites is 1. The second-order valence-corrected chi connectivity index (χ2v) is 4.32. The molecule has 0 unspecified atom stereocenters. The number of amides is 1. The maximum absolute atomic E-state index is 11.8. The van der Waals surface area contributed by atoms with Gasteiger partial charge >= 0.3 is 0 Å². The van der Waals surface area contributed by atoms with Crippen molar-refractivity contribution in [2.24, 2.45) is 0 Å². The highest BCUT2D eigenvalue weighted by Gasteiger charge is 2.16. The maximum atomic E-state index is 11.8. The molecular weight excluding hydrogens is 258 g/mol. The number of aromatic nitrogens is 1. The number of rotatable bonds is 5. The number of carbonyl (C=O) groups excluding carboxylic acids is 1. The van der Waals surface area contributed by atoms with Gasteiger partial charge in [-0.05, 0) is 24.6 Å². The first-order chi connectivity index (χ1) is 9.63. The number of aromatic amines is 1. The van der Waals surface area contributed by atoms with Gasteiger partial charge in [-0.15, -0.1) is 0 Å². The average molecular weight is 273 g/mol. The summed E-state index contributed by atoms with van der Waals surface area (Å²) in [6.07, 6.45) is 0.851. The van der Waals surface area contributed by atoms with E-state index in [4.69, 9.17) is 0 Å². The summed E-state index contributed by atoms with van der Waals surface area (Å²) >= 11 is 0. The summed E-state index contributed by atoms with van der Waals surface area (Å²) in [5.74, 6) is -0.211. The molecule has 20 heavy (non-hydrogen) atoms. The Hall–Kier alpha value is -2.63. The SMILES string of the molecule is CCCNC(=O)c1ccc(-c2ccccc2[N+](=O)[O-])[nH]1. The molecule has 2 rings (SSSR count). The minimum absolute atomic E-state index is 0.00914. The molecule has 0 spiro atoms. The van der Waals surface area contributed by atoms with Gasteiger partial charge in [0.2, 0.25) is 0 Å². The van der Waals surface area contributed by atoms with Crippen LogP contribution in [0.15, 0.2) is 36.4 Å². The van der Waals surface area contributed by atoms with Gasteiger partial charge in [0.15, 0.2) is 0 Å². The third-order valence-electron chi connectivity index (χ3n) is 2.86. The Morgan fingerprint density at radius 2 is 2.05 bits per heavy atom. The van der Waals surface area contributed by atoms with Crippen LogP contribution in [0.4, 0.5) is 5.69 Å². The van der Waals surface area contributed by atoms with E-state index in [0.29, 0.717) is 23.5 Å². The summed E-state index contributed by atoms with van der Waals surface area (Å²) in [4.78, 5) is 25.3. The molecule has 0 aliphatic heterocycles. The molecule has 0 saturated heterocycles. The quantitative estimate of drug-likeness (QED) is 0.648. The Morgan fingerprint density at radius 3 is 2.75 bits per heavy atom. The van der Waals surface area contributed by atoms with Crippen LogP contribution in [0.5, 0.6) is 0 Å². The number of carbonyl (C=O) groups is 1. The second-order valence-electron chi connectivity index (χ2n) is 4.32. The van der Waals surface area contributed by atoms with Crippen LogP contribution in [0, 0.1) is 10.1 Å². The first kappa shape index (κ1) is 13.8. The molecule has 2 N–H and O–H groups in total. The molecule has 0 aliphatic rings. The number of nitrogens with zero attached hydrogens (tertiary/aromatic N) is 1. The van der Waals surface area contributed by atoms with Crippen LogP contribution in [0.1, 0.15) is 23.8 Å². The van der Waals surface area contributed by atoms with Gasteiger partial charge < -0.3 is 10.3 Å². The van der Waals surface area contributed by atoms with Gasteiger partial charge in [-0.25, -0.2) is 0 Å². The average Bonchev–Trinajstić information content (AvgIpc) is 2.94.